The predicted molar refractivity (Wildman–Crippen MR) is 95.7 cm³/mol. The highest BCUT2D eigenvalue weighted by atomic mass is 35.5. The number of carboxylic acid groups (broad SMARTS) is 1. The summed E-state index contributed by atoms with van der Waals surface area (Å²) in [6.45, 7) is 1.33. The minimum atomic E-state index is -1.23. The molecule has 1 N–H and O–H groups in total. The van der Waals surface area contributed by atoms with Crippen molar-refractivity contribution in [3.63, 3.8) is 0 Å². The molecule has 0 saturated carbocycles. The van der Waals surface area contributed by atoms with Gasteiger partial charge in [0, 0.05) is 15.6 Å². The van der Waals surface area contributed by atoms with Gasteiger partial charge in [0.2, 0.25) is 11.2 Å². The molecule has 128 valence electrons. The van der Waals surface area contributed by atoms with Crippen LogP contribution in [0.3, 0.4) is 0 Å². The number of fused-ring (bicyclic) bond motifs is 1. The summed E-state index contributed by atoms with van der Waals surface area (Å²) in [5, 5.41) is 10.2. The second-order valence-electron chi connectivity index (χ2n) is 5.34. The summed E-state index contributed by atoms with van der Waals surface area (Å²) < 4.78 is 11.2. The summed E-state index contributed by atoms with van der Waals surface area (Å²) in [5.41, 5.74) is 0.349. The molecular weight excluding hydrogens is 367 g/mol. The van der Waals surface area contributed by atoms with Crippen LogP contribution in [0.2, 0.25) is 10.0 Å². The monoisotopic (exact) mass is 378 g/mol. The van der Waals surface area contributed by atoms with Crippen LogP contribution in [0, 0.1) is 0 Å². The van der Waals surface area contributed by atoms with Crippen LogP contribution < -0.4 is 10.2 Å². The first-order valence-corrected chi connectivity index (χ1v) is 8.04. The fourth-order valence-corrected chi connectivity index (χ4v) is 2.57. The Hall–Kier alpha value is -2.50. The fourth-order valence-electron chi connectivity index (χ4n) is 2.28. The SMILES string of the molecule is CC(Oc1c(-c2ccc(Cl)cc2)oc2ccc(Cl)cc2c1=O)C(=O)O. The van der Waals surface area contributed by atoms with Gasteiger partial charge in [-0.2, -0.15) is 0 Å². The number of carboxylic acids is 1. The van der Waals surface area contributed by atoms with E-state index in [1.807, 2.05) is 0 Å². The molecule has 0 saturated heterocycles. The van der Waals surface area contributed by atoms with Crippen LogP contribution >= 0.6 is 23.2 Å². The molecule has 2 aromatic carbocycles. The van der Waals surface area contributed by atoms with Gasteiger partial charge >= 0.3 is 5.97 Å². The van der Waals surface area contributed by atoms with Crippen molar-refractivity contribution in [2.75, 3.05) is 0 Å². The maximum absolute atomic E-state index is 12.8. The van der Waals surface area contributed by atoms with Crippen LogP contribution in [0.15, 0.2) is 51.7 Å². The van der Waals surface area contributed by atoms with Crippen molar-refractivity contribution in [3.8, 4) is 17.1 Å². The van der Waals surface area contributed by atoms with Crippen molar-refractivity contribution in [1.29, 1.82) is 0 Å². The highest BCUT2D eigenvalue weighted by Crippen LogP contribution is 2.32. The molecule has 7 heteroatoms. The van der Waals surface area contributed by atoms with E-state index < -0.39 is 17.5 Å². The largest absolute Gasteiger partial charge is 0.479 e. The van der Waals surface area contributed by atoms with Gasteiger partial charge in [-0.05, 0) is 49.4 Å². The Morgan fingerprint density at radius 3 is 2.40 bits per heavy atom. The average Bonchev–Trinajstić information content (AvgIpc) is 2.58. The molecule has 3 rings (SSSR count). The van der Waals surface area contributed by atoms with Crippen molar-refractivity contribution in [2.45, 2.75) is 13.0 Å². The minimum Gasteiger partial charge on any atom is -0.479 e. The van der Waals surface area contributed by atoms with Gasteiger partial charge in [-0.25, -0.2) is 4.79 Å². The number of aliphatic carboxylic acids is 1. The van der Waals surface area contributed by atoms with E-state index in [1.165, 1.54) is 13.0 Å². The zero-order valence-corrected chi connectivity index (χ0v) is 14.5. The van der Waals surface area contributed by atoms with Crippen LogP contribution in [0.25, 0.3) is 22.3 Å². The van der Waals surface area contributed by atoms with Gasteiger partial charge in [-0.1, -0.05) is 23.2 Å². The van der Waals surface area contributed by atoms with Crippen molar-refractivity contribution in [1.82, 2.24) is 0 Å². The van der Waals surface area contributed by atoms with E-state index in [0.717, 1.165) is 0 Å². The summed E-state index contributed by atoms with van der Waals surface area (Å²) in [7, 11) is 0. The van der Waals surface area contributed by atoms with Crippen molar-refractivity contribution < 1.29 is 19.1 Å². The summed E-state index contributed by atoms with van der Waals surface area (Å²) in [6, 6.07) is 11.2. The molecule has 0 aliphatic rings. The smallest absolute Gasteiger partial charge is 0.344 e. The van der Waals surface area contributed by atoms with E-state index in [-0.39, 0.29) is 16.9 Å². The Morgan fingerprint density at radius 2 is 1.76 bits per heavy atom. The third-order valence-electron chi connectivity index (χ3n) is 3.56. The fraction of sp³-hybridized carbons (Fsp3) is 0.111. The minimum absolute atomic E-state index is 0.129. The molecule has 0 fully saturated rings. The highest BCUT2D eigenvalue weighted by molar-refractivity contribution is 6.31. The number of carbonyl (C=O) groups is 1. The van der Waals surface area contributed by atoms with Crippen LogP contribution in [0.4, 0.5) is 0 Å². The van der Waals surface area contributed by atoms with E-state index in [2.05, 4.69) is 0 Å². The lowest BCUT2D eigenvalue weighted by Crippen LogP contribution is -2.26. The van der Waals surface area contributed by atoms with Gasteiger partial charge in [0.15, 0.2) is 11.9 Å². The molecule has 0 radical (unpaired) electrons. The molecule has 0 amide bonds. The number of hydrogen-bond acceptors (Lipinski definition) is 4. The molecule has 0 spiro atoms. The molecule has 25 heavy (non-hydrogen) atoms. The Bertz CT molecular complexity index is 1010. The van der Waals surface area contributed by atoms with Crippen LogP contribution in [-0.2, 0) is 4.79 Å². The van der Waals surface area contributed by atoms with Crippen LogP contribution in [0.5, 0.6) is 5.75 Å². The van der Waals surface area contributed by atoms with E-state index >= 15 is 0 Å². The van der Waals surface area contributed by atoms with E-state index in [1.54, 1.807) is 36.4 Å². The Morgan fingerprint density at radius 1 is 1.12 bits per heavy atom. The quantitative estimate of drug-likeness (QED) is 0.716. The number of benzene rings is 2. The second-order valence-corrected chi connectivity index (χ2v) is 6.21. The molecule has 1 aromatic heterocycles. The summed E-state index contributed by atoms with van der Waals surface area (Å²) in [4.78, 5) is 24.0. The number of halogens is 2. The molecule has 0 aliphatic carbocycles. The number of rotatable bonds is 4. The summed E-state index contributed by atoms with van der Waals surface area (Å²) in [6.07, 6.45) is -1.23. The van der Waals surface area contributed by atoms with Gasteiger partial charge < -0.3 is 14.3 Å². The van der Waals surface area contributed by atoms with E-state index in [0.29, 0.717) is 21.2 Å². The van der Waals surface area contributed by atoms with Crippen molar-refractivity contribution in [2.24, 2.45) is 0 Å². The third-order valence-corrected chi connectivity index (χ3v) is 4.05. The predicted octanol–water partition coefficient (Wildman–Crippen LogP) is 4.62. The molecule has 1 heterocycles. The summed E-state index contributed by atoms with van der Waals surface area (Å²) >= 11 is 11.8. The first-order chi connectivity index (χ1) is 11.9. The Labute approximate surface area is 152 Å². The lowest BCUT2D eigenvalue weighted by molar-refractivity contribution is -0.144. The molecule has 0 aliphatic heterocycles. The zero-order chi connectivity index (χ0) is 18.1. The van der Waals surface area contributed by atoms with Gasteiger partial charge in [0.05, 0.1) is 5.39 Å². The maximum Gasteiger partial charge on any atom is 0.344 e. The third kappa shape index (κ3) is 3.48. The van der Waals surface area contributed by atoms with Gasteiger partial charge in [-0.15, -0.1) is 0 Å². The number of hydrogen-bond donors (Lipinski definition) is 1. The van der Waals surface area contributed by atoms with Crippen LogP contribution in [-0.4, -0.2) is 17.2 Å². The van der Waals surface area contributed by atoms with E-state index in [9.17, 15) is 9.59 Å². The maximum atomic E-state index is 12.8. The molecule has 1 unspecified atom stereocenters. The molecule has 3 aromatic rings. The lowest BCUT2D eigenvalue weighted by atomic mass is 10.1. The summed E-state index contributed by atoms with van der Waals surface area (Å²) in [5.74, 6) is -1.26. The Kier molecular flexibility index (Phi) is 4.70. The normalized spacial score (nSPS) is 12.1. The lowest BCUT2D eigenvalue weighted by Gasteiger charge is -2.14. The molecule has 0 bridgehead atoms. The first-order valence-electron chi connectivity index (χ1n) is 7.28. The number of ether oxygens (including phenoxy) is 1. The molecule has 1 atom stereocenters. The van der Waals surface area contributed by atoms with Crippen molar-refractivity contribution >= 4 is 40.1 Å². The first kappa shape index (κ1) is 17.3. The molecular formula is C18H12Cl2O5. The standard InChI is InChI=1S/C18H12Cl2O5/c1-9(18(22)23)24-17-15(21)13-8-12(20)6-7-14(13)25-16(17)10-2-4-11(19)5-3-10/h2-9H,1H3,(H,22,23). The highest BCUT2D eigenvalue weighted by Gasteiger charge is 2.22. The van der Waals surface area contributed by atoms with Gasteiger partial charge in [0.25, 0.3) is 0 Å². The zero-order valence-electron chi connectivity index (χ0n) is 13.0. The topological polar surface area (TPSA) is 76.7 Å². The Balaban J connectivity index is 2.29. The average molecular weight is 379 g/mol. The van der Waals surface area contributed by atoms with Crippen LogP contribution in [0.1, 0.15) is 6.92 Å². The van der Waals surface area contributed by atoms with Crippen molar-refractivity contribution in [3.05, 3.63) is 62.7 Å². The second kappa shape index (κ2) is 6.78. The van der Waals surface area contributed by atoms with Gasteiger partial charge in [0.1, 0.15) is 5.58 Å². The van der Waals surface area contributed by atoms with E-state index in [4.69, 9.17) is 37.5 Å². The molecule has 5 nitrogen and oxygen atoms in total. The van der Waals surface area contributed by atoms with Gasteiger partial charge in [-0.3, -0.25) is 4.79 Å².